The van der Waals surface area contributed by atoms with Crippen LogP contribution in [0.4, 0.5) is 5.69 Å². The SMILES string of the molecule is COc1cc2c(cc1OC)C(c1ccc(N3CCC(C)(O)CC3)cc1)N(C)NC(C)C2. The molecule has 2 aliphatic heterocycles. The second-order valence-corrected chi connectivity index (χ2v) is 9.23. The van der Waals surface area contributed by atoms with Gasteiger partial charge >= 0.3 is 0 Å². The predicted molar refractivity (Wildman–Crippen MR) is 124 cm³/mol. The smallest absolute Gasteiger partial charge is 0.161 e. The number of nitrogens with one attached hydrogen (secondary N) is 1. The van der Waals surface area contributed by atoms with E-state index in [9.17, 15) is 5.11 Å². The summed E-state index contributed by atoms with van der Waals surface area (Å²) in [5.41, 5.74) is 8.02. The fourth-order valence-electron chi connectivity index (χ4n) is 4.89. The molecule has 2 aliphatic rings. The summed E-state index contributed by atoms with van der Waals surface area (Å²) < 4.78 is 11.2. The van der Waals surface area contributed by atoms with Gasteiger partial charge < -0.3 is 19.5 Å². The first-order valence-electron chi connectivity index (χ1n) is 11.1. The Morgan fingerprint density at radius 3 is 2.26 bits per heavy atom. The molecule has 0 saturated carbocycles. The van der Waals surface area contributed by atoms with Crippen molar-refractivity contribution >= 4 is 5.69 Å². The molecule has 2 heterocycles. The zero-order valence-corrected chi connectivity index (χ0v) is 19.3. The molecule has 6 nitrogen and oxygen atoms in total. The number of nitrogens with zero attached hydrogens (tertiary/aromatic N) is 2. The van der Waals surface area contributed by atoms with Crippen LogP contribution < -0.4 is 19.8 Å². The number of piperidine rings is 1. The van der Waals surface area contributed by atoms with Crippen LogP contribution in [-0.4, -0.2) is 56.1 Å². The topological polar surface area (TPSA) is 57.2 Å². The molecule has 6 heteroatoms. The molecule has 0 spiro atoms. The number of ether oxygens (including phenoxy) is 2. The molecule has 0 radical (unpaired) electrons. The maximum Gasteiger partial charge on any atom is 0.161 e. The molecule has 2 unspecified atom stereocenters. The van der Waals surface area contributed by atoms with Crippen molar-refractivity contribution in [3.63, 3.8) is 0 Å². The summed E-state index contributed by atoms with van der Waals surface area (Å²) >= 11 is 0. The Hall–Kier alpha value is -2.28. The molecule has 2 N–H and O–H groups in total. The number of hydrogen-bond donors (Lipinski definition) is 2. The molecule has 1 fully saturated rings. The van der Waals surface area contributed by atoms with Crippen LogP contribution in [0.5, 0.6) is 11.5 Å². The molecular weight excluding hydrogens is 390 g/mol. The van der Waals surface area contributed by atoms with E-state index in [-0.39, 0.29) is 6.04 Å². The molecule has 2 aromatic rings. The van der Waals surface area contributed by atoms with Gasteiger partial charge in [-0.15, -0.1) is 0 Å². The van der Waals surface area contributed by atoms with E-state index in [1.807, 2.05) is 6.92 Å². The Kier molecular flexibility index (Phi) is 6.15. The number of aliphatic hydroxyl groups is 1. The number of rotatable bonds is 4. The largest absolute Gasteiger partial charge is 0.493 e. The van der Waals surface area contributed by atoms with E-state index >= 15 is 0 Å². The summed E-state index contributed by atoms with van der Waals surface area (Å²) in [6.45, 7) is 5.90. The molecule has 31 heavy (non-hydrogen) atoms. The van der Waals surface area contributed by atoms with Gasteiger partial charge in [-0.05, 0) is 74.1 Å². The highest BCUT2D eigenvalue weighted by molar-refractivity contribution is 5.53. The van der Waals surface area contributed by atoms with Gasteiger partial charge in [0.2, 0.25) is 0 Å². The minimum atomic E-state index is -0.536. The maximum absolute atomic E-state index is 10.2. The van der Waals surface area contributed by atoms with E-state index in [4.69, 9.17) is 9.47 Å². The van der Waals surface area contributed by atoms with E-state index < -0.39 is 5.60 Å². The van der Waals surface area contributed by atoms with Gasteiger partial charge in [0.1, 0.15) is 0 Å². The highest BCUT2D eigenvalue weighted by atomic mass is 16.5. The Balaban J connectivity index is 1.67. The standard InChI is InChI=1S/C25H35N3O3/c1-17-14-19-15-22(30-4)23(31-5)16-21(19)24(27(3)26-17)18-6-8-20(9-7-18)28-12-10-25(2,29)11-13-28/h6-9,15-17,24,26,29H,10-14H2,1-5H3. The quantitative estimate of drug-likeness (QED) is 0.782. The van der Waals surface area contributed by atoms with Crippen LogP contribution in [0.1, 0.15) is 49.4 Å². The summed E-state index contributed by atoms with van der Waals surface area (Å²) in [6, 6.07) is 13.5. The molecule has 168 valence electrons. The summed E-state index contributed by atoms with van der Waals surface area (Å²) in [5.74, 6) is 1.53. The molecule has 4 rings (SSSR count). The lowest BCUT2D eigenvalue weighted by Gasteiger charge is -2.37. The van der Waals surface area contributed by atoms with Crippen molar-refractivity contribution in [2.45, 2.75) is 50.8 Å². The third-order valence-electron chi connectivity index (χ3n) is 6.69. The van der Waals surface area contributed by atoms with E-state index in [1.54, 1.807) is 14.2 Å². The number of anilines is 1. The summed E-state index contributed by atoms with van der Waals surface area (Å²) in [6.07, 6.45) is 2.52. The Labute approximate surface area is 185 Å². The van der Waals surface area contributed by atoms with E-state index in [0.717, 1.165) is 43.9 Å². The van der Waals surface area contributed by atoms with Crippen LogP contribution in [0.15, 0.2) is 36.4 Å². The molecule has 2 atom stereocenters. The molecule has 0 aromatic heterocycles. The number of hydrazine groups is 1. The van der Waals surface area contributed by atoms with Gasteiger partial charge in [-0.2, -0.15) is 0 Å². The van der Waals surface area contributed by atoms with Crippen molar-refractivity contribution in [3.8, 4) is 11.5 Å². The van der Waals surface area contributed by atoms with Gasteiger partial charge in [0.15, 0.2) is 11.5 Å². The summed E-state index contributed by atoms with van der Waals surface area (Å²) in [5, 5.41) is 12.4. The van der Waals surface area contributed by atoms with Crippen molar-refractivity contribution in [1.82, 2.24) is 10.4 Å². The highest BCUT2D eigenvalue weighted by Crippen LogP contribution is 2.39. The van der Waals surface area contributed by atoms with Crippen molar-refractivity contribution in [1.29, 1.82) is 0 Å². The Bertz CT molecular complexity index is 903. The van der Waals surface area contributed by atoms with Gasteiger partial charge in [0, 0.05) is 31.9 Å². The minimum Gasteiger partial charge on any atom is -0.493 e. The lowest BCUT2D eigenvalue weighted by Crippen LogP contribution is -2.42. The lowest BCUT2D eigenvalue weighted by atomic mass is 9.91. The monoisotopic (exact) mass is 425 g/mol. The minimum absolute atomic E-state index is 0.0656. The van der Waals surface area contributed by atoms with Gasteiger partial charge in [-0.3, -0.25) is 5.43 Å². The molecule has 0 aliphatic carbocycles. The van der Waals surface area contributed by atoms with Crippen molar-refractivity contribution in [2.75, 3.05) is 39.3 Å². The number of fused-ring (bicyclic) bond motifs is 1. The van der Waals surface area contributed by atoms with Gasteiger partial charge in [-0.1, -0.05) is 12.1 Å². The Morgan fingerprint density at radius 1 is 1.03 bits per heavy atom. The van der Waals surface area contributed by atoms with Crippen LogP contribution in [0.3, 0.4) is 0 Å². The van der Waals surface area contributed by atoms with E-state index in [1.165, 1.54) is 22.4 Å². The Morgan fingerprint density at radius 2 is 1.65 bits per heavy atom. The lowest BCUT2D eigenvalue weighted by molar-refractivity contribution is 0.0351. The van der Waals surface area contributed by atoms with Crippen LogP contribution in [0.2, 0.25) is 0 Å². The average Bonchev–Trinajstić information content (AvgIpc) is 2.86. The van der Waals surface area contributed by atoms with Crippen LogP contribution in [0, 0.1) is 0 Å². The van der Waals surface area contributed by atoms with Crippen molar-refractivity contribution < 1.29 is 14.6 Å². The first-order valence-corrected chi connectivity index (χ1v) is 11.1. The van der Waals surface area contributed by atoms with Crippen LogP contribution >= 0.6 is 0 Å². The fourth-order valence-corrected chi connectivity index (χ4v) is 4.89. The molecule has 0 bridgehead atoms. The highest BCUT2D eigenvalue weighted by Gasteiger charge is 2.30. The summed E-state index contributed by atoms with van der Waals surface area (Å²) in [7, 11) is 5.48. The maximum atomic E-state index is 10.2. The number of hydrogen-bond acceptors (Lipinski definition) is 6. The first kappa shape index (κ1) is 21.9. The summed E-state index contributed by atoms with van der Waals surface area (Å²) in [4.78, 5) is 2.36. The average molecular weight is 426 g/mol. The number of methoxy groups -OCH3 is 2. The molecular formula is C25H35N3O3. The zero-order valence-electron chi connectivity index (χ0n) is 19.3. The molecule has 1 saturated heterocycles. The van der Waals surface area contributed by atoms with Crippen molar-refractivity contribution in [3.05, 3.63) is 53.1 Å². The first-order chi connectivity index (χ1) is 14.8. The molecule has 2 aromatic carbocycles. The third kappa shape index (κ3) is 4.52. The fraction of sp³-hybridized carbons (Fsp3) is 0.520. The van der Waals surface area contributed by atoms with Gasteiger partial charge in [0.05, 0.1) is 25.9 Å². The zero-order chi connectivity index (χ0) is 22.2. The second-order valence-electron chi connectivity index (χ2n) is 9.23. The normalized spacial score (nSPS) is 23.7. The van der Waals surface area contributed by atoms with Crippen LogP contribution in [0.25, 0.3) is 0 Å². The second kappa shape index (κ2) is 8.69. The van der Waals surface area contributed by atoms with Crippen LogP contribution in [-0.2, 0) is 6.42 Å². The predicted octanol–water partition coefficient (Wildman–Crippen LogP) is 3.53. The van der Waals surface area contributed by atoms with E-state index in [0.29, 0.717) is 6.04 Å². The van der Waals surface area contributed by atoms with Gasteiger partial charge in [0.25, 0.3) is 0 Å². The third-order valence-corrected chi connectivity index (χ3v) is 6.69. The number of benzene rings is 2. The van der Waals surface area contributed by atoms with E-state index in [2.05, 4.69) is 65.7 Å². The van der Waals surface area contributed by atoms with Crippen molar-refractivity contribution in [2.24, 2.45) is 0 Å². The molecule has 0 amide bonds. The van der Waals surface area contributed by atoms with Gasteiger partial charge in [-0.25, -0.2) is 5.01 Å².